The van der Waals surface area contributed by atoms with Gasteiger partial charge in [-0.05, 0) is 25.8 Å². The summed E-state index contributed by atoms with van der Waals surface area (Å²) in [7, 11) is 0. The van der Waals surface area contributed by atoms with Crippen LogP contribution in [0, 0.1) is 6.92 Å². The third kappa shape index (κ3) is 1.90. The second-order valence-corrected chi connectivity index (χ2v) is 5.12. The van der Waals surface area contributed by atoms with E-state index in [4.69, 9.17) is 0 Å². The monoisotopic (exact) mass is 229 g/mol. The van der Waals surface area contributed by atoms with Crippen LogP contribution in [0.15, 0.2) is 29.3 Å². The van der Waals surface area contributed by atoms with Crippen molar-refractivity contribution in [3.05, 3.63) is 35.4 Å². The van der Waals surface area contributed by atoms with Gasteiger partial charge in [0.15, 0.2) is 5.96 Å². The van der Waals surface area contributed by atoms with Gasteiger partial charge >= 0.3 is 0 Å². The standard InChI is InChI=1S/C14H19N3/c1-10-4-3-5-12(8-10)13-6-7-15-14-16-11(2)9-17(13)14/h3-5,8,11,13H,6-7,9H2,1-2H3,(H,15,16). The zero-order valence-electron chi connectivity index (χ0n) is 10.5. The lowest BCUT2D eigenvalue weighted by molar-refractivity contribution is 0.305. The first-order valence-corrected chi connectivity index (χ1v) is 6.38. The summed E-state index contributed by atoms with van der Waals surface area (Å²) in [5.41, 5.74) is 2.76. The number of hydrogen-bond donors (Lipinski definition) is 1. The third-order valence-electron chi connectivity index (χ3n) is 3.59. The van der Waals surface area contributed by atoms with E-state index < -0.39 is 0 Å². The van der Waals surface area contributed by atoms with Gasteiger partial charge in [-0.15, -0.1) is 0 Å². The lowest BCUT2D eigenvalue weighted by atomic mass is 9.99. The predicted octanol–water partition coefficient (Wildman–Crippen LogP) is 2.09. The van der Waals surface area contributed by atoms with Crippen molar-refractivity contribution in [1.29, 1.82) is 0 Å². The Morgan fingerprint density at radius 3 is 3.12 bits per heavy atom. The molecule has 2 aliphatic rings. The molecule has 17 heavy (non-hydrogen) atoms. The van der Waals surface area contributed by atoms with E-state index in [1.54, 1.807) is 0 Å². The fourth-order valence-corrected chi connectivity index (χ4v) is 2.81. The summed E-state index contributed by atoms with van der Waals surface area (Å²) in [5, 5.41) is 3.45. The quantitative estimate of drug-likeness (QED) is 0.798. The van der Waals surface area contributed by atoms with Gasteiger partial charge in [0.05, 0.1) is 6.04 Å². The van der Waals surface area contributed by atoms with Crippen LogP contribution in [0.3, 0.4) is 0 Å². The molecule has 0 radical (unpaired) electrons. The van der Waals surface area contributed by atoms with Gasteiger partial charge in [0.2, 0.25) is 0 Å². The second kappa shape index (κ2) is 4.06. The van der Waals surface area contributed by atoms with E-state index in [1.165, 1.54) is 11.1 Å². The third-order valence-corrected chi connectivity index (χ3v) is 3.59. The number of guanidine groups is 1. The minimum atomic E-state index is 0.500. The summed E-state index contributed by atoms with van der Waals surface area (Å²) >= 11 is 0. The topological polar surface area (TPSA) is 27.6 Å². The fraction of sp³-hybridized carbons (Fsp3) is 0.500. The second-order valence-electron chi connectivity index (χ2n) is 5.12. The van der Waals surface area contributed by atoms with Crippen molar-refractivity contribution >= 4 is 5.96 Å². The lowest BCUT2D eigenvalue weighted by Crippen LogP contribution is -2.37. The zero-order chi connectivity index (χ0) is 11.8. The highest BCUT2D eigenvalue weighted by molar-refractivity contribution is 5.83. The molecular weight excluding hydrogens is 210 g/mol. The Morgan fingerprint density at radius 2 is 2.29 bits per heavy atom. The molecule has 0 spiro atoms. The van der Waals surface area contributed by atoms with Crippen LogP contribution in [0.25, 0.3) is 0 Å². The summed E-state index contributed by atoms with van der Waals surface area (Å²) in [5.74, 6) is 1.09. The Labute approximate surface area is 103 Å². The summed E-state index contributed by atoms with van der Waals surface area (Å²) in [4.78, 5) is 6.99. The average molecular weight is 229 g/mol. The van der Waals surface area contributed by atoms with Gasteiger partial charge in [0, 0.05) is 19.1 Å². The lowest BCUT2D eigenvalue weighted by Gasteiger charge is -2.32. The van der Waals surface area contributed by atoms with Gasteiger partial charge in [-0.1, -0.05) is 29.8 Å². The molecule has 2 heterocycles. The molecule has 2 aliphatic heterocycles. The van der Waals surface area contributed by atoms with Crippen LogP contribution in [-0.4, -0.2) is 30.0 Å². The molecule has 90 valence electrons. The van der Waals surface area contributed by atoms with E-state index in [0.717, 1.165) is 25.5 Å². The van der Waals surface area contributed by atoms with Crippen molar-refractivity contribution in [1.82, 2.24) is 10.2 Å². The minimum absolute atomic E-state index is 0.500. The SMILES string of the molecule is Cc1cccc(C2CCN=C3NC(C)CN32)c1. The molecule has 2 atom stereocenters. The van der Waals surface area contributed by atoms with E-state index in [1.807, 2.05) is 0 Å². The zero-order valence-corrected chi connectivity index (χ0v) is 10.5. The Balaban J connectivity index is 1.91. The molecule has 1 saturated heterocycles. The molecule has 1 fully saturated rings. The van der Waals surface area contributed by atoms with E-state index >= 15 is 0 Å². The van der Waals surface area contributed by atoms with Gasteiger partial charge in [-0.25, -0.2) is 0 Å². The molecule has 0 aromatic heterocycles. The summed E-state index contributed by atoms with van der Waals surface area (Å²) in [6.45, 7) is 6.38. The van der Waals surface area contributed by atoms with Crippen molar-refractivity contribution < 1.29 is 0 Å². The maximum Gasteiger partial charge on any atom is 0.194 e. The Hall–Kier alpha value is -1.51. The van der Waals surface area contributed by atoms with Crippen molar-refractivity contribution in [2.45, 2.75) is 32.4 Å². The van der Waals surface area contributed by atoms with Crippen LogP contribution in [0.2, 0.25) is 0 Å². The molecular formula is C14H19N3. The summed E-state index contributed by atoms with van der Waals surface area (Å²) < 4.78 is 0. The predicted molar refractivity (Wildman–Crippen MR) is 70.1 cm³/mol. The number of rotatable bonds is 1. The maximum absolute atomic E-state index is 4.57. The van der Waals surface area contributed by atoms with Gasteiger partial charge in [0.25, 0.3) is 0 Å². The van der Waals surface area contributed by atoms with E-state index in [9.17, 15) is 0 Å². The number of nitrogens with zero attached hydrogens (tertiary/aromatic N) is 2. The number of benzene rings is 1. The molecule has 3 heteroatoms. The number of aryl methyl sites for hydroxylation is 1. The Kier molecular flexibility index (Phi) is 2.54. The summed E-state index contributed by atoms with van der Waals surface area (Å²) in [6.07, 6.45) is 1.13. The van der Waals surface area contributed by atoms with Crippen LogP contribution >= 0.6 is 0 Å². The number of aliphatic imine (C=N–C) groups is 1. The average Bonchev–Trinajstić information content (AvgIpc) is 2.68. The van der Waals surface area contributed by atoms with Crippen LogP contribution in [0.1, 0.15) is 30.5 Å². The smallest absolute Gasteiger partial charge is 0.194 e. The van der Waals surface area contributed by atoms with Crippen LogP contribution in [0.5, 0.6) is 0 Å². The highest BCUT2D eigenvalue weighted by Crippen LogP contribution is 2.30. The van der Waals surface area contributed by atoms with Crippen LogP contribution in [0.4, 0.5) is 0 Å². The van der Waals surface area contributed by atoms with Gasteiger partial charge in [0.1, 0.15) is 0 Å². The van der Waals surface area contributed by atoms with E-state index in [0.29, 0.717) is 12.1 Å². The van der Waals surface area contributed by atoms with E-state index in [2.05, 4.69) is 53.3 Å². The molecule has 0 bridgehead atoms. The Morgan fingerprint density at radius 1 is 1.41 bits per heavy atom. The van der Waals surface area contributed by atoms with Gasteiger partial charge in [-0.3, -0.25) is 4.99 Å². The van der Waals surface area contributed by atoms with Crippen molar-refractivity contribution in [2.24, 2.45) is 4.99 Å². The normalized spacial score (nSPS) is 27.4. The van der Waals surface area contributed by atoms with Crippen molar-refractivity contribution in [3.63, 3.8) is 0 Å². The molecule has 1 aromatic rings. The number of nitrogens with one attached hydrogen (secondary N) is 1. The highest BCUT2D eigenvalue weighted by Gasteiger charge is 2.33. The maximum atomic E-state index is 4.57. The Bertz CT molecular complexity index is 453. The number of fused-ring (bicyclic) bond motifs is 1. The van der Waals surface area contributed by atoms with Gasteiger partial charge < -0.3 is 10.2 Å². The first kappa shape index (κ1) is 10.6. The van der Waals surface area contributed by atoms with Crippen molar-refractivity contribution in [3.8, 4) is 0 Å². The number of hydrogen-bond acceptors (Lipinski definition) is 3. The molecule has 0 aliphatic carbocycles. The first-order chi connectivity index (χ1) is 8.24. The molecule has 0 saturated carbocycles. The highest BCUT2D eigenvalue weighted by atomic mass is 15.4. The van der Waals surface area contributed by atoms with E-state index in [-0.39, 0.29) is 0 Å². The molecule has 2 unspecified atom stereocenters. The van der Waals surface area contributed by atoms with Crippen LogP contribution < -0.4 is 5.32 Å². The largest absolute Gasteiger partial charge is 0.352 e. The minimum Gasteiger partial charge on any atom is -0.352 e. The molecule has 1 N–H and O–H groups in total. The molecule has 1 aromatic carbocycles. The molecule has 3 rings (SSSR count). The van der Waals surface area contributed by atoms with Crippen LogP contribution in [-0.2, 0) is 0 Å². The summed E-state index contributed by atoms with van der Waals surface area (Å²) in [6, 6.07) is 9.87. The molecule has 0 amide bonds. The fourth-order valence-electron chi connectivity index (χ4n) is 2.81. The molecule has 3 nitrogen and oxygen atoms in total. The first-order valence-electron chi connectivity index (χ1n) is 6.38. The van der Waals surface area contributed by atoms with Crippen molar-refractivity contribution in [2.75, 3.05) is 13.1 Å². The van der Waals surface area contributed by atoms with Gasteiger partial charge in [-0.2, -0.15) is 0 Å².